The molecule has 1 aromatic heterocycles. The molecule has 0 aliphatic heterocycles. The number of hydrogen-bond donors (Lipinski definition) is 2. The molecule has 2 N–H and O–H groups in total. The lowest BCUT2D eigenvalue weighted by Crippen LogP contribution is -2.30. The first kappa shape index (κ1) is 13.6. The van der Waals surface area contributed by atoms with Crippen LogP contribution >= 0.6 is 0 Å². The predicted octanol–water partition coefficient (Wildman–Crippen LogP) is -0.943. The molecule has 1 rings (SSSR count). The minimum Gasteiger partial charge on any atom is -0.383 e. The van der Waals surface area contributed by atoms with Crippen molar-refractivity contribution >= 4 is 5.91 Å². The number of rotatable bonds is 8. The summed E-state index contributed by atoms with van der Waals surface area (Å²) in [5.41, 5.74) is 0. The van der Waals surface area contributed by atoms with Gasteiger partial charge in [0.05, 0.1) is 13.2 Å². The molecule has 17 heavy (non-hydrogen) atoms. The Hall–Kier alpha value is -1.47. The molecular formula is C10H19N5O2. The van der Waals surface area contributed by atoms with Crippen LogP contribution in [0.1, 0.15) is 12.2 Å². The molecule has 0 radical (unpaired) electrons. The summed E-state index contributed by atoms with van der Waals surface area (Å²) in [5.74, 6) is 0.873. The zero-order valence-corrected chi connectivity index (χ0v) is 10.3. The molecule has 0 saturated heterocycles. The summed E-state index contributed by atoms with van der Waals surface area (Å²) in [6, 6.07) is 0. The van der Waals surface area contributed by atoms with Crippen LogP contribution in [-0.4, -0.2) is 47.5 Å². The van der Waals surface area contributed by atoms with Crippen LogP contribution in [0.5, 0.6) is 0 Å². The zero-order valence-electron chi connectivity index (χ0n) is 10.3. The Labute approximate surface area is 101 Å². The van der Waals surface area contributed by atoms with Gasteiger partial charge in [-0.1, -0.05) is 0 Å². The highest BCUT2D eigenvalue weighted by Gasteiger charge is 2.02. The smallest absolute Gasteiger partial charge is 0.221 e. The number of nitrogens with zero attached hydrogens (tertiary/aromatic N) is 3. The fourth-order valence-corrected chi connectivity index (χ4v) is 1.26. The molecule has 0 spiro atoms. The number of carbonyl (C=O) groups excluding carboxylic acids is 1. The van der Waals surface area contributed by atoms with Gasteiger partial charge >= 0.3 is 0 Å². The predicted molar refractivity (Wildman–Crippen MR) is 62.2 cm³/mol. The lowest BCUT2D eigenvalue weighted by atomic mass is 10.4. The van der Waals surface area contributed by atoms with Crippen molar-refractivity contribution < 1.29 is 9.53 Å². The van der Waals surface area contributed by atoms with Gasteiger partial charge in [0.2, 0.25) is 5.91 Å². The van der Waals surface area contributed by atoms with Crippen molar-refractivity contribution in [2.45, 2.75) is 13.0 Å². The molecule has 0 bridgehead atoms. The van der Waals surface area contributed by atoms with E-state index < -0.39 is 0 Å². The summed E-state index contributed by atoms with van der Waals surface area (Å²) in [6.07, 6.45) is 1.95. The van der Waals surface area contributed by atoms with Crippen molar-refractivity contribution in [2.24, 2.45) is 7.05 Å². The fourth-order valence-electron chi connectivity index (χ4n) is 1.26. The lowest BCUT2D eigenvalue weighted by molar-refractivity contribution is -0.121. The Morgan fingerprint density at radius 2 is 2.35 bits per heavy atom. The molecule has 0 aliphatic carbocycles. The van der Waals surface area contributed by atoms with E-state index in [9.17, 15) is 4.79 Å². The number of ether oxygens (including phenoxy) is 1. The number of hydrogen-bond acceptors (Lipinski definition) is 5. The Morgan fingerprint density at radius 3 is 3.00 bits per heavy atom. The Bertz CT molecular complexity index is 339. The van der Waals surface area contributed by atoms with E-state index in [4.69, 9.17) is 4.74 Å². The molecular weight excluding hydrogens is 222 g/mol. The summed E-state index contributed by atoms with van der Waals surface area (Å²) in [5, 5.41) is 9.84. The highest BCUT2D eigenvalue weighted by atomic mass is 16.5. The molecule has 0 fully saturated rings. The highest BCUT2D eigenvalue weighted by molar-refractivity contribution is 5.75. The number of amides is 1. The molecule has 0 aliphatic rings. The Kier molecular flexibility index (Phi) is 6.19. The van der Waals surface area contributed by atoms with E-state index in [0.717, 1.165) is 5.82 Å². The second kappa shape index (κ2) is 7.75. The molecule has 7 nitrogen and oxygen atoms in total. The van der Waals surface area contributed by atoms with Gasteiger partial charge in [-0.15, -0.1) is 0 Å². The third-order valence-corrected chi connectivity index (χ3v) is 2.25. The summed E-state index contributed by atoms with van der Waals surface area (Å²) in [7, 11) is 3.44. The molecule has 1 heterocycles. The van der Waals surface area contributed by atoms with Crippen molar-refractivity contribution in [1.29, 1.82) is 0 Å². The van der Waals surface area contributed by atoms with Crippen LogP contribution in [-0.2, 0) is 23.1 Å². The van der Waals surface area contributed by atoms with Gasteiger partial charge in [0, 0.05) is 33.7 Å². The van der Waals surface area contributed by atoms with Crippen molar-refractivity contribution in [3.05, 3.63) is 12.2 Å². The molecule has 0 atom stereocenters. The molecule has 96 valence electrons. The standard InChI is InChI=1S/C10H19N5O2/c1-15-9(13-8-14-15)7-11-4-3-10(16)12-5-6-17-2/h8,11H,3-7H2,1-2H3,(H,12,16). The largest absolute Gasteiger partial charge is 0.383 e. The molecule has 0 saturated carbocycles. The van der Waals surface area contributed by atoms with Crippen molar-refractivity contribution in [3.63, 3.8) is 0 Å². The van der Waals surface area contributed by atoms with Crippen molar-refractivity contribution in [1.82, 2.24) is 25.4 Å². The van der Waals surface area contributed by atoms with Crippen LogP contribution in [0, 0.1) is 0 Å². The Balaban J connectivity index is 2.04. The molecule has 7 heteroatoms. The second-order valence-electron chi connectivity index (χ2n) is 3.57. The van der Waals surface area contributed by atoms with E-state index in [1.807, 2.05) is 7.05 Å². The number of carbonyl (C=O) groups is 1. The number of aryl methyl sites for hydroxylation is 1. The van der Waals surface area contributed by atoms with E-state index in [0.29, 0.717) is 32.7 Å². The Morgan fingerprint density at radius 1 is 1.53 bits per heavy atom. The van der Waals surface area contributed by atoms with E-state index >= 15 is 0 Å². The number of methoxy groups -OCH3 is 1. The van der Waals surface area contributed by atoms with Gasteiger partial charge < -0.3 is 15.4 Å². The van der Waals surface area contributed by atoms with Gasteiger partial charge in [0.15, 0.2) is 0 Å². The van der Waals surface area contributed by atoms with Gasteiger partial charge in [0.25, 0.3) is 0 Å². The van der Waals surface area contributed by atoms with Gasteiger partial charge in [0.1, 0.15) is 12.2 Å². The van der Waals surface area contributed by atoms with Crippen LogP contribution in [0.2, 0.25) is 0 Å². The van der Waals surface area contributed by atoms with Crippen LogP contribution < -0.4 is 10.6 Å². The SMILES string of the molecule is COCCNC(=O)CCNCc1ncnn1C. The van der Waals surface area contributed by atoms with Gasteiger partial charge in [-0.25, -0.2) is 4.98 Å². The summed E-state index contributed by atoms with van der Waals surface area (Å²) in [4.78, 5) is 15.4. The average molecular weight is 241 g/mol. The first-order valence-corrected chi connectivity index (χ1v) is 5.53. The maximum absolute atomic E-state index is 11.3. The first-order valence-electron chi connectivity index (χ1n) is 5.53. The molecule has 0 unspecified atom stereocenters. The normalized spacial score (nSPS) is 10.5. The molecule has 1 aromatic rings. The van der Waals surface area contributed by atoms with Crippen LogP contribution in [0.25, 0.3) is 0 Å². The lowest BCUT2D eigenvalue weighted by Gasteiger charge is -2.05. The topological polar surface area (TPSA) is 81.1 Å². The highest BCUT2D eigenvalue weighted by Crippen LogP contribution is 1.89. The average Bonchev–Trinajstić information content (AvgIpc) is 2.71. The minimum absolute atomic E-state index is 0.0208. The minimum atomic E-state index is 0.0208. The maximum atomic E-state index is 11.3. The van der Waals surface area contributed by atoms with E-state index in [2.05, 4.69) is 20.7 Å². The van der Waals surface area contributed by atoms with E-state index in [1.54, 1.807) is 11.8 Å². The molecule has 1 amide bonds. The van der Waals surface area contributed by atoms with Crippen LogP contribution in [0.15, 0.2) is 6.33 Å². The van der Waals surface area contributed by atoms with Gasteiger partial charge in [-0.05, 0) is 0 Å². The number of aromatic nitrogens is 3. The molecule has 0 aromatic carbocycles. The quantitative estimate of drug-likeness (QED) is 0.574. The third-order valence-electron chi connectivity index (χ3n) is 2.25. The third kappa shape index (κ3) is 5.41. The summed E-state index contributed by atoms with van der Waals surface area (Å²) in [6.45, 7) is 2.32. The summed E-state index contributed by atoms with van der Waals surface area (Å²) >= 11 is 0. The van der Waals surface area contributed by atoms with E-state index in [1.165, 1.54) is 6.33 Å². The van der Waals surface area contributed by atoms with E-state index in [-0.39, 0.29) is 5.91 Å². The second-order valence-corrected chi connectivity index (χ2v) is 3.57. The fraction of sp³-hybridized carbons (Fsp3) is 0.700. The summed E-state index contributed by atoms with van der Waals surface area (Å²) < 4.78 is 6.53. The first-order chi connectivity index (χ1) is 8.24. The van der Waals surface area contributed by atoms with Crippen LogP contribution in [0.4, 0.5) is 0 Å². The number of nitrogens with one attached hydrogen (secondary N) is 2. The van der Waals surface area contributed by atoms with Gasteiger partial charge in [-0.2, -0.15) is 5.10 Å². The van der Waals surface area contributed by atoms with Gasteiger partial charge in [-0.3, -0.25) is 9.48 Å². The zero-order chi connectivity index (χ0) is 12.5. The van der Waals surface area contributed by atoms with Crippen molar-refractivity contribution in [2.75, 3.05) is 26.8 Å². The maximum Gasteiger partial charge on any atom is 0.221 e. The van der Waals surface area contributed by atoms with Crippen molar-refractivity contribution in [3.8, 4) is 0 Å². The van der Waals surface area contributed by atoms with Crippen LogP contribution in [0.3, 0.4) is 0 Å². The monoisotopic (exact) mass is 241 g/mol.